The van der Waals surface area contributed by atoms with Crippen LogP contribution in [0.15, 0.2) is 41.3 Å². The van der Waals surface area contributed by atoms with E-state index in [1.165, 1.54) is 0 Å². The molecule has 0 spiro atoms. The maximum atomic E-state index is 5.89. The molecule has 0 radical (unpaired) electrons. The number of aromatic nitrogens is 1. The van der Waals surface area contributed by atoms with Crippen molar-refractivity contribution in [2.75, 3.05) is 12.3 Å². The first kappa shape index (κ1) is 12.6. The predicted octanol–water partition coefficient (Wildman–Crippen LogP) is 2.54. The van der Waals surface area contributed by atoms with Gasteiger partial charge in [-0.2, -0.15) is 0 Å². The molecule has 4 heteroatoms. The summed E-state index contributed by atoms with van der Waals surface area (Å²) in [5, 5.41) is 3.50. The van der Waals surface area contributed by atoms with Crippen LogP contribution in [0.25, 0.3) is 0 Å². The lowest BCUT2D eigenvalue weighted by Gasteiger charge is -2.17. The predicted molar refractivity (Wildman–Crippen MR) is 72.1 cm³/mol. The summed E-state index contributed by atoms with van der Waals surface area (Å²) in [6, 6.07) is 6.14. The van der Waals surface area contributed by atoms with Crippen molar-refractivity contribution in [1.82, 2.24) is 10.3 Å². The summed E-state index contributed by atoms with van der Waals surface area (Å²) in [6.45, 7) is 3.12. The second kappa shape index (κ2) is 6.21. The number of pyridine rings is 1. The number of nitrogens with zero attached hydrogens (tertiary/aromatic N) is 1. The van der Waals surface area contributed by atoms with Gasteiger partial charge in [-0.05, 0) is 37.1 Å². The summed E-state index contributed by atoms with van der Waals surface area (Å²) < 4.78 is 5.16. The third kappa shape index (κ3) is 3.11. The summed E-state index contributed by atoms with van der Waals surface area (Å²) in [5.41, 5.74) is 8.10. The first-order chi connectivity index (χ1) is 8.81. The van der Waals surface area contributed by atoms with Crippen LogP contribution >= 0.6 is 0 Å². The van der Waals surface area contributed by atoms with E-state index in [0.717, 1.165) is 30.5 Å². The van der Waals surface area contributed by atoms with Gasteiger partial charge in [0.25, 0.3) is 0 Å². The molecule has 2 aromatic rings. The lowest BCUT2D eigenvalue weighted by atomic mass is 10.0. The smallest absolute Gasteiger partial charge is 0.126 e. The molecular weight excluding hydrogens is 226 g/mol. The summed E-state index contributed by atoms with van der Waals surface area (Å²) in [7, 11) is 0. The molecule has 96 valence electrons. The molecular formula is C14H19N3O. The Hall–Kier alpha value is -1.81. The van der Waals surface area contributed by atoms with Gasteiger partial charge in [0.05, 0.1) is 12.5 Å². The first-order valence-electron chi connectivity index (χ1n) is 6.26. The molecule has 2 aromatic heterocycles. The van der Waals surface area contributed by atoms with Gasteiger partial charge < -0.3 is 15.5 Å². The standard InChI is InChI=1S/C14H19N3O/c1-2-6-16-13(12-5-8-18-10-12)9-11-4-3-7-17-14(11)15/h3-5,7-8,10,13,16H,2,6,9H2,1H3,(H2,15,17). The first-order valence-corrected chi connectivity index (χ1v) is 6.26. The fraction of sp³-hybridized carbons (Fsp3) is 0.357. The molecule has 1 unspecified atom stereocenters. The van der Waals surface area contributed by atoms with Gasteiger partial charge in [0.1, 0.15) is 5.82 Å². The normalized spacial score (nSPS) is 12.5. The Morgan fingerprint density at radius 1 is 1.44 bits per heavy atom. The van der Waals surface area contributed by atoms with Crippen molar-refractivity contribution in [2.24, 2.45) is 0 Å². The topological polar surface area (TPSA) is 64.1 Å². The third-order valence-corrected chi connectivity index (χ3v) is 2.94. The molecule has 0 fully saturated rings. The van der Waals surface area contributed by atoms with Crippen molar-refractivity contribution < 1.29 is 4.42 Å². The number of anilines is 1. The number of nitrogens with one attached hydrogen (secondary N) is 1. The molecule has 1 atom stereocenters. The van der Waals surface area contributed by atoms with Crippen LogP contribution in [0.2, 0.25) is 0 Å². The van der Waals surface area contributed by atoms with E-state index in [4.69, 9.17) is 10.2 Å². The van der Waals surface area contributed by atoms with E-state index < -0.39 is 0 Å². The number of nitrogens with two attached hydrogens (primary N) is 1. The second-order valence-corrected chi connectivity index (χ2v) is 4.32. The van der Waals surface area contributed by atoms with E-state index in [2.05, 4.69) is 17.2 Å². The van der Waals surface area contributed by atoms with E-state index in [1.807, 2.05) is 18.2 Å². The maximum absolute atomic E-state index is 5.89. The number of hydrogen-bond donors (Lipinski definition) is 2. The molecule has 0 saturated heterocycles. The fourth-order valence-electron chi connectivity index (χ4n) is 1.94. The van der Waals surface area contributed by atoms with Gasteiger partial charge in [0.2, 0.25) is 0 Å². The van der Waals surface area contributed by atoms with Gasteiger partial charge in [-0.15, -0.1) is 0 Å². The van der Waals surface area contributed by atoms with Gasteiger partial charge in [-0.25, -0.2) is 4.98 Å². The number of furan rings is 1. The molecule has 4 nitrogen and oxygen atoms in total. The van der Waals surface area contributed by atoms with Crippen molar-refractivity contribution in [1.29, 1.82) is 0 Å². The van der Waals surface area contributed by atoms with Crippen LogP contribution in [0.3, 0.4) is 0 Å². The Bertz CT molecular complexity index is 468. The largest absolute Gasteiger partial charge is 0.472 e. The average molecular weight is 245 g/mol. The minimum Gasteiger partial charge on any atom is -0.472 e. The van der Waals surface area contributed by atoms with Crippen LogP contribution in [0.1, 0.15) is 30.5 Å². The van der Waals surface area contributed by atoms with Gasteiger partial charge in [0, 0.05) is 17.8 Å². The van der Waals surface area contributed by atoms with Gasteiger partial charge in [-0.3, -0.25) is 0 Å². The molecule has 0 aliphatic heterocycles. The monoisotopic (exact) mass is 245 g/mol. The number of nitrogen functional groups attached to an aromatic ring is 1. The van der Waals surface area contributed by atoms with E-state index in [-0.39, 0.29) is 6.04 Å². The van der Waals surface area contributed by atoms with Crippen LogP contribution in [0.4, 0.5) is 5.82 Å². The van der Waals surface area contributed by atoms with Gasteiger partial charge in [-0.1, -0.05) is 13.0 Å². The van der Waals surface area contributed by atoms with E-state index in [9.17, 15) is 0 Å². The van der Waals surface area contributed by atoms with Crippen LogP contribution in [0, 0.1) is 0 Å². The molecule has 3 N–H and O–H groups in total. The Labute approximate surface area is 107 Å². The third-order valence-electron chi connectivity index (χ3n) is 2.94. The quantitative estimate of drug-likeness (QED) is 0.821. The van der Waals surface area contributed by atoms with Crippen molar-refractivity contribution in [3.05, 3.63) is 48.0 Å². The van der Waals surface area contributed by atoms with Crippen molar-refractivity contribution >= 4 is 5.82 Å². The highest BCUT2D eigenvalue weighted by Gasteiger charge is 2.14. The number of rotatable bonds is 6. The Morgan fingerprint density at radius 2 is 2.33 bits per heavy atom. The average Bonchev–Trinajstić information content (AvgIpc) is 2.90. The summed E-state index contributed by atoms with van der Waals surface area (Å²) in [4.78, 5) is 4.12. The van der Waals surface area contributed by atoms with Crippen molar-refractivity contribution in [3.63, 3.8) is 0 Å². The highest BCUT2D eigenvalue weighted by atomic mass is 16.3. The molecule has 0 amide bonds. The SMILES string of the molecule is CCCNC(Cc1cccnc1N)c1ccoc1. The summed E-state index contributed by atoms with van der Waals surface area (Å²) in [6.07, 6.45) is 7.10. The highest BCUT2D eigenvalue weighted by Crippen LogP contribution is 2.21. The zero-order chi connectivity index (χ0) is 12.8. The lowest BCUT2D eigenvalue weighted by molar-refractivity contribution is 0.512. The molecule has 0 aliphatic carbocycles. The molecule has 0 aromatic carbocycles. The second-order valence-electron chi connectivity index (χ2n) is 4.32. The molecule has 0 aliphatic rings. The fourth-order valence-corrected chi connectivity index (χ4v) is 1.94. The molecule has 0 bridgehead atoms. The minimum atomic E-state index is 0.218. The number of hydrogen-bond acceptors (Lipinski definition) is 4. The zero-order valence-corrected chi connectivity index (χ0v) is 10.6. The Balaban J connectivity index is 2.13. The van der Waals surface area contributed by atoms with Crippen LogP contribution in [-0.2, 0) is 6.42 Å². The van der Waals surface area contributed by atoms with E-state index in [1.54, 1.807) is 18.7 Å². The maximum Gasteiger partial charge on any atom is 0.126 e. The highest BCUT2D eigenvalue weighted by molar-refractivity contribution is 5.39. The summed E-state index contributed by atoms with van der Waals surface area (Å²) >= 11 is 0. The van der Waals surface area contributed by atoms with Crippen LogP contribution < -0.4 is 11.1 Å². The zero-order valence-electron chi connectivity index (χ0n) is 10.6. The van der Waals surface area contributed by atoms with Crippen molar-refractivity contribution in [3.8, 4) is 0 Å². The van der Waals surface area contributed by atoms with E-state index in [0.29, 0.717) is 5.82 Å². The Morgan fingerprint density at radius 3 is 3.00 bits per heavy atom. The van der Waals surface area contributed by atoms with Gasteiger partial charge in [0.15, 0.2) is 0 Å². The molecule has 18 heavy (non-hydrogen) atoms. The van der Waals surface area contributed by atoms with Crippen molar-refractivity contribution in [2.45, 2.75) is 25.8 Å². The van der Waals surface area contributed by atoms with Crippen LogP contribution in [-0.4, -0.2) is 11.5 Å². The van der Waals surface area contributed by atoms with E-state index >= 15 is 0 Å². The lowest BCUT2D eigenvalue weighted by Crippen LogP contribution is -2.24. The van der Waals surface area contributed by atoms with Gasteiger partial charge >= 0.3 is 0 Å². The molecule has 0 saturated carbocycles. The molecule has 2 heterocycles. The Kier molecular flexibility index (Phi) is 4.36. The van der Waals surface area contributed by atoms with Crippen LogP contribution in [0.5, 0.6) is 0 Å². The summed E-state index contributed by atoms with van der Waals surface area (Å²) in [5.74, 6) is 0.601. The minimum absolute atomic E-state index is 0.218. The molecule has 2 rings (SSSR count).